The molecule has 132 valence electrons. The Kier molecular flexibility index (Phi) is 4.81. The summed E-state index contributed by atoms with van der Waals surface area (Å²) in [5.41, 5.74) is 8.39. The van der Waals surface area contributed by atoms with Crippen molar-refractivity contribution in [1.82, 2.24) is 0 Å². The summed E-state index contributed by atoms with van der Waals surface area (Å²) >= 11 is 1.46. The van der Waals surface area contributed by atoms with Gasteiger partial charge in [-0.1, -0.05) is 19.1 Å². The van der Waals surface area contributed by atoms with Gasteiger partial charge >= 0.3 is 0 Å². The standard InChI is InChI=1S/C19H22N2O3S/c1-10-7-8-12-14(9-10)25-19(15(12)17(20)22)21-18(23)13-6-4-5-11(2)16(13)24-3/h4-6,10H,7-9H2,1-3H3,(H2,20,22)(H,21,23)/t10-/m1/s1. The van der Waals surface area contributed by atoms with E-state index in [-0.39, 0.29) is 5.91 Å². The lowest BCUT2D eigenvalue weighted by atomic mass is 9.88. The molecular formula is C19H22N2O3S. The summed E-state index contributed by atoms with van der Waals surface area (Å²) in [6, 6.07) is 5.40. The van der Waals surface area contributed by atoms with Crippen LogP contribution in [0.5, 0.6) is 5.75 Å². The van der Waals surface area contributed by atoms with Crippen LogP contribution in [0.2, 0.25) is 0 Å². The fraction of sp³-hybridized carbons (Fsp3) is 0.368. The number of hydrogen-bond acceptors (Lipinski definition) is 4. The van der Waals surface area contributed by atoms with Crippen LogP contribution in [0.3, 0.4) is 0 Å². The molecule has 1 atom stereocenters. The van der Waals surface area contributed by atoms with Gasteiger partial charge in [-0.2, -0.15) is 0 Å². The SMILES string of the molecule is COc1c(C)cccc1C(=O)Nc1sc2c(c1C(N)=O)CC[C@@H](C)C2. The lowest BCUT2D eigenvalue weighted by Gasteiger charge is -2.18. The zero-order valence-electron chi connectivity index (χ0n) is 14.6. The molecule has 3 rings (SSSR count). The van der Waals surface area contributed by atoms with E-state index in [1.54, 1.807) is 13.2 Å². The number of benzene rings is 1. The van der Waals surface area contributed by atoms with Crippen LogP contribution in [0.15, 0.2) is 18.2 Å². The maximum Gasteiger partial charge on any atom is 0.260 e. The molecule has 0 aliphatic heterocycles. The van der Waals surface area contributed by atoms with Crippen LogP contribution < -0.4 is 15.8 Å². The maximum absolute atomic E-state index is 12.8. The molecule has 1 heterocycles. The molecule has 1 aromatic carbocycles. The van der Waals surface area contributed by atoms with Crippen molar-refractivity contribution in [3.05, 3.63) is 45.3 Å². The van der Waals surface area contributed by atoms with E-state index in [1.807, 2.05) is 19.1 Å². The Balaban J connectivity index is 1.97. The van der Waals surface area contributed by atoms with Crippen molar-refractivity contribution >= 4 is 28.2 Å². The van der Waals surface area contributed by atoms with Gasteiger partial charge in [0.05, 0.1) is 18.2 Å². The van der Waals surface area contributed by atoms with Gasteiger partial charge in [0.25, 0.3) is 11.8 Å². The van der Waals surface area contributed by atoms with E-state index in [1.165, 1.54) is 11.3 Å². The largest absolute Gasteiger partial charge is 0.496 e. The number of carbonyl (C=O) groups excluding carboxylic acids is 2. The highest BCUT2D eigenvalue weighted by atomic mass is 32.1. The van der Waals surface area contributed by atoms with Gasteiger partial charge in [-0.15, -0.1) is 11.3 Å². The van der Waals surface area contributed by atoms with Crippen molar-refractivity contribution in [2.24, 2.45) is 11.7 Å². The molecule has 1 aliphatic carbocycles. The van der Waals surface area contributed by atoms with Crippen molar-refractivity contribution in [1.29, 1.82) is 0 Å². The molecule has 0 radical (unpaired) electrons. The Morgan fingerprint density at radius 3 is 2.80 bits per heavy atom. The summed E-state index contributed by atoms with van der Waals surface area (Å²) in [7, 11) is 1.54. The van der Waals surface area contributed by atoms with E-state index in [9.17, 15) is 9.59 Å². The number of fused-ring (bicyclic) bond motifs is 1. The Labute approximate surface area is 151 Å². The summed E-state index contributed by atoms with van der Waals surface area (Å²) in [5.74, 6) is 0.330. The predicted octanol–water partition coefficient (Wildman–Crippen LogP) is 3.54. The molecule has 25 heavy (non-hydrogen) atoms. The average Bonchev–Trinajstić information content (AvgIpc) is 2.91. The van der Waals surface area contributed by atoms with Crippen LogP contribution in [0.25, 0.3) is 0 Å². The van der Waals surface area contributed by atoms with Crippen LogP contribution in [0, 0.1) is 12.8 Å². The number of rotatable bonds is 4. The molecule has 0 saturated carbocycles. The minimum absolute atomic E-state index is 0.297. The number of nitrogens with one attached hydrogen (secondary N) is 1. The molecule has 0 bridgehead atoms. The van der Waals surface area contributed by atoms with Crippen molar-refractivity contribution in [2.75, 3.05) is 12.4 Å². The summed E-state index contributed by atoms with van der Waals surface area (Å²) in [6.07, 6.45) is 2.78. The van der Waals surface area contributed by atoms with Crippen molar-refractivity contribution < 1.29 is 14.3 Å². The summed E-state index contributed by atoms with van der Waals surface area (Å²) in [5, 5.41) is 3.42. The maximum atomic E-state index is 12.8. The van der Waals surface area contributed by atoms with Crippen molar-refractivity contribution in [2.45, 2.75) is 33.1 Å². The van der Waals surface area contributed by atoms with E-state index in [2.05, 4.69) is 12.2 Å². The second-order valence-electron chi connectivity index (χ2n) is 6.53. The zero-order chi connectivity index (χ0) is 18.1. The molecule has 3 N–H and O–H groups in total. The first-order chi connectivity index (χ1) is 11.9. The van der Waals surface area contributed by atoms with Gasteiger partial charge in [-0.25, -0.2) is 0 Å². The Morgan fingerprint density at radius 2 is 2.12 bits per heavy atom. The number of aryl methyl sites for hydroxylation is 1. The molecule has 6 heteroatoms. The quantitative estimate of drug-likeness (QED) is 0.877. The molecule has 0 spiro atoms. The lowest BCUT2D eigenvalue weighted by molar-refractivity contribution is 0.1000. The van der Waals surface area contributed by atoms with Crippen LogP contribution in [-0.4, -0.2) is 18.9 Å². The second kappa shape index (κ2) is 6.88. The van der Waals surface area contributed by atoms with Crippen molar-refractivity contribution in [3.63, 3.8) is 0 Å². The predicted molar refractivity (Wildman–Crippen MR) is 99.7 cm³/mol. The summed E-state index contributed by atoms with van der Waals surface area (Å²) in [4.78, 5) is 25.9. The molecule has 5 nitrogen and oxygen atoms in total. The van der Waals surface area contributed by atoms with Crippen LogP contribution in [-0.2, 0) is 12.8 Å². The third kappa shape index (κ3) is 3.26. The van der Waals surface area contributed by atoms with E-state index >= 15 is 0 Å². The molecule has 0 unspecified atom stereocenters. The number of thiophene rings is 1. The summed E-state index contributed by atoms with van der Waals surface area (Å²) in [6.45, 7) is 4.08. The first-order valence-corrected chi connectivity index (χ1v) is 9.13. The van der Waals surface area contributed by atoms with Gasteiger partial charge < -0.3 is 15.8 Å². The van der Waals surface area contributed by atoms with Crippen LogP contribution in [0.1, 0.15) is 50.1 Å². The number of anilines is 1. The van der Waals surface area contributed by atoms with Gasteiger partial charge in [0, 0.05) is 4.88 Å². The molecule has 2 amide bonds. The highest BCUT2D eigenvalue weighted by Gasteiger charge is 2.27. The van der Waals surface area contributed by atoms with Crippen molar-refractivity contribution in [3.8, 4) is 5.75 Å². The van der Waals surface area contributed by atoms with E-state index in [0.717, 1.165) is 35.3 Å². The normalized spacial score (nSPS) is 16.2. The van der Waals surface area contributed by atoms with E-state index < -0.39 is 5.91 Å². The van der Waals surface area contributed by atoms with Gasteiger partial charge in [0.2, 0.25) is 0 Å². The Bertz CT molecular complexity index is 841. The number of para-hydroxylation sites is 1. The fourth-order valence-corrected chi connectivity index (χ4v) is 4.78. The number of primary amides is 1. The number of methoxy groups -OCH3 is 1. The number of nitrogens with two attached hydrogens (primary N) is 1. The minimum atomic E-state index is -0.487. The highest BCUT2D eigenvalue weighted by molar-refractivity contribution is 7.17. The third-order valence-electron chi connectivity index (χ3n) is 4.65. The topological polar surface area (TPSA) is 81.4 Å². The van der Waals surface area contributed by atoms with Gasteiger partial charge in [0.1, 0.15) is 10.8 Å². The smallest absolute Gasteiger partial charge is 0.260 e. The number of hydrogen-bond donors (Lipinski definition) is 2. The monoisotopic (exact) mass is 358 g/mol. The third-order valence-corrected chi connectivity index (χ3v) is 5.82. The first-order valence-electron chi connectivity index (χ1n) is 8.31. The number of amides is 2. The number of carbonyl (C=O) groups is 2. The molecule has 2 aromatic rings. The molecular weight excluding hydrogens is 336 g/mol. The molecule has 1 aromatic heterocycles. The average molecular weight is 358 g/mol. The highest BCUT2D eigenvalue weighted by Crippen LogP contribution is 2.39. The van der Waals surface area contributed by atoms with Gasteiger partial charge in [-0.05, 0) is 49.3 Å². The molecule has 0 saturated heterocycles. The molecule has 1 aliphatic rings. The summed E-state index contributed by atoms with van der Waals surface area (Å²) < 4.78 is 5.36. The minimum Gasteiger partial charge on any atom is -0.496 e. The van der Waals surface area contributed by atoms with Crippen LogP contribution >= 0.6 is 11.3 Å². The lowest BCUT2D eigenvalue weighted by Crippen LogP contribution is -2.19. The first kappa shape index (κ1) is 17.5. The fourth-order valence-electron chi connectivity index (χ4n) is 3.37. The zero-order valence-corrected chi connectivity index (χ0v) is 15.5. The Morgan fingerprint density at radius 1 is 1.36 bits per heavy atom. The van der Waals surface area contributed by atoms with Gasteiger partial charge in [-0.3, -0.25) is 9.59 Å². The van der Waals surface area contributed by atoms with Gasteiger partial charge in [0.15, 0.2) is 0 Å². The Hall–Kier alpha value is -2.34. The van der Waals surface area contributed by atoms with E-state index in [4.69, 9.17) is 10.5 Å². The molecule has 0 fully saturated rings. The van der Waals surface area contributed by atoms with Crippen LogP contribution in [0.4, 0.5) is 5.00 Å². The van der Waals surface area contributed by atoms with E-state index in [0.29, 0.717) is 27.8 Å². The second-order valence-corrected chi connectivity index (χ2v) is 7.64. The number of ether oxygens (including phenoxy) is 1.